The van der Waals surface area contributed by atoms with Gasteiger partial charge in [0.15, 0.2) is 5.82 Å². The number of nitrogen functional groups attached to an aromatic ring is 1. The van der Waals surface area contributed by atoms with Crippen molar-refractivity contribution in [3.63, 3.8) is 0 Å². The number of carbonyl (C=O) groups is 1. The first kappa shape index (κ1) is 21.3. The molecular formula is C25H27FN6O. The predicted octanol–water partition coefficient (Wildman–Crippen LogP) is 4.22. The summed E-state index contributed by atoms with van der Waals surface area (Å²) in [6.07, 6.45) is 4.14. The van der Waals surface area contributed by atoms with Crippen LogP contribution in [0.4, 0.5) is 20.7 Å². The van der Waals surface area contributed by atoms with E-state index in [0.29, 0.717) is 36.2 Å². The fraction of sp³-hybridized carbons (Fsp3) is 0.320. The highest BCUT2D eigenvalue weighted by Gasteiger charge is 2.27. The number of nitrogens with one attached hydrogen (secondary N) is 1. The van der Waals surface area contributed by atoms with Crippen LogP contribution in [0.2, 0.25) is 0 Å². The van der Waals surface area contributed by atoms with E-state index in [2.05, 4.69) is 28.3 Å². The van der Waals surface area contributed by atoms with Crippen LogP contribution in [0.1, 0.15) is 35.6 Å². The third-order valence-electron chi connectivity index (χ3n) is 6.54. The number of benzene rings is 1. The molecule has 7 nitrogen and oxygen atoms in total. The maximum absolute atomic E-state index is 13.2. The zero-order chi connectivity index (χ0) is 22.9. The summed E-state index contributed by atoms with van der Waals surface area (Å²) in [4.78, 5) is 26.3. The van der Waals surface area contributed by atoms with Gasteiger partial charge in [0.2, 0.25) is 0 Å². The van der Waals surface area contributed by atoms with Gasteiger partial charge in [-0.1, -0.05) is 0 Å². The zero-order valence-electron chi connectivity index (χ0n) is 18.6. The minimum atomic E-state index is -0.315. The Balaban J connectivity index is 1.28. The molecule has 2 aliphatic heterocycles. The van der Waals surface area contributed by atoms with E-state index < -0.39 is 0 Å². The third-order valence-corrected chi connectivity index (χ3v) is 6.54. The minimum absolute atomic E-state index is 0.262. The molecule has 0 atom stereocenters. The number of fused-ring (bicyclic) bond motifs is 1. The molecule has 1 aromatic carbocycles. The molecule has 0 saturated carbocycles. The molecule has 0 aliphatic carbocycles. The van der Waals surface area contributed by atoms with Crippen molar-refractivity contribution in [1.29, 1.82) is 0 Å². The van der Waals surface area contributed by atoms with Crippen molar-refractivity contribution in [2.45, 2.75) is 31.8 Å². The molecule has 1 fully saturated rings. The molecule has 170 valence electrons. The maximum Gasteiger partial charge on any atom is 0.323 e. The fourth-order valence-electron chi connectivity index (χ4n) is 4.50. The highest BCUT2D eigenvalue weighted by Crippen LogP contribution is 2.31. The van der Waals surface area contributed by atoms with E-state index in [1.54, 1.807) is 29.2 Å². The summed E-state index contributed by atoms with van der Waals surface area (Å²) in [6, 6.07) is 11.4. The van der Waals surface area contributed by atoms with Gasteiger partial charge < -0.3 is 15.5 Å². The van der Waals surface area contributed by atoms with Gasteiger partial charge in [-0.15, -0.1) is 0 Å². The molecule has 2 aliphatic rings. The molecule has 3 N–H and O–H groups in total. The third kappa shape index (κ3) is 4.52. The van der Waals surface area contributed by atoms with Gasteiger partial charge >= 0.3 is 6.03 Å². The Bertz CT molecular complexity index is 1170. The summed E-state index contributed by atoms with van der Waals surface area (Å²) in [5, 5.41) is 2.84. The average molecular weight is 447 g/mol. The summed E-state index contributed by atoms with van der Waals surface area (Å²) >= 11 is 0. The lowest BCUT2D eigenvalue weighted by Gasteiger charge is -2.28. The second-order valence-corrected chi connectivity index (χ2v) is 8.88. The largest absolute Gasteiger partial charge is 0.396 e. The molecule has 1 saturated heterocycles. The van der Waals surface area contributed by atoms with Crippen LogP contribution in [-0.2, 0) is 13.1 Å². The van der Waals surface area contributed by atoms with Crippen LogP contribution in [-0.4, -0.2) is 45.9 Å². The SMILES string of the molecule is CN1CCC(c2cc3c(cn2)CN(C(=O)Nc2nc(-c4ccc(F)cc4)ccc2N)C3)CC1. The number of hydrogen-bond acceptors (Lipinski definition) is 5. The van der Waals surface area contributed by atoms with E-state index in [9.17, 15) is 9.18 Å². The van der Waals surface area contributed by atoms with Crippen LogP contribution < -0.4 is 11.1 Å². The van der Waals surface area contributed by atoms with Gasteiger partial charge in [-0.05, 0) is 86.6 Å². The van der Waals surface area contributed by atoms with Crippen molar-refractivity contribution in [2.75, 3.05) is 31.2 Å². The van der Waals surface area contributed by atoms with Gasteiger partial charge in [-0.25, -0.2) is 14.2 Å². The molecule has 0 spiro atoms. The molecule has 0 radical (unpaired) electrons. The molecule has 5 rings (SSSR count). The first-order chi connectivity index (χ1) is 16.0. The van der Waals surface area contributed by atoms with Gasteiger partial charge in [0.05, 0.1) is 11.4 Å². The number of aromatic nitrogens is 2. The lowest BCUT2D eigenvalue weighted by Crippen LogP contribution is -2.31. The maximum atomic E-state index is 13.2. The van der Waals surface area contributed by atoms with Crippen molar-refractivity contribution < 1.29 is 9.18 Å². The lowest BCUT2D eigenvalue weighted by atomic mass is 9.92. The number of hydrogen-bond donors (Lipinski definition) is 2. The van der Waals surface area contributed by atoms with Crippen LogP contribution in [0, 0.1) is 5.82 Å². The van der Waals surface area contributed by atoms with Crippen LogP contribution in [0.25, 0.3) is 11.3 Å². The van der Waals surface area contributed by atoms with Crippen molar-refractivity contribution >= 4 is 17.5 Å². The molecule has 3 aromatic rings. The Morgan fingerprint density at radius 3 is 2.58 bits per heavy atom. The standard InChI is InChI=1S/C25H27FN6O/c1-31-10-8-17(9-11-31)23-12-18-14-32(15-19(18)13-28-23)25(33)30-24-21(27)6-7-22(29-24)16-2-4-20(26)5-3-16/h2-7,12-13,17H,8-11,14-15,27H2,1H3,(H,29,30,33). The number of amides is 2. The number of halogens is 1. The summed E-state index contributed by atoms with van der Waals surface area (Å²) in [6.45, 7) is 3.20. The van der Waals surface area contributed by atoms with E-state index in [4.69, 9.17) is 10.7 Å². The predicted molar refractivity (Wildman–Crippen MR) is 126 cm³/mol. The molecule has 4 heterocycles. The Labute approximate surface area is 192 Å². The van der Waals surface area contributed by atoms with Gasteiger partial charge in [0.25, 0.3) is 0 Å². The van der Waals surface area contributed by atoms with E-state index in [1.807, 2.05) is 6.20 Å². The Morgan fingerprint density at radius 2 is 1.82 bits per heavy atom. The molecule has 0 bridgehead atoms. The topological polar surface area (TPSA) is 87.4 Å². The van der Waals surface area contributed by atoms with Crippen LogP contribution in [0.5, 0.6) is 0 Å². The number of piperidine rings is 1. The second-order valence-electron chi connectivity index (χ2n) is 8.88. The number of nitrogens with zero attached hydrogens (tertiary/aromatic N) is 4. The Hall–Kier alpha value is -3.52. The highest BCUT2D eigenvalue weighted by molar-refractivity contribution is 5.92. The number of rotatable bonds is 3. The average Bonchev–Trinajstić information content (AvgIpc) is 3.25. The van der Waals surface area contributed by atoms with E-state index >= 15 is 0 Å². The summed E-state index contributed by atoms with van der Waals surface area (Å²) in [7, 11) is 2.15. The van der Waals surface area contributed by atoms with Crippen LogP contribution in [0.15, 0.2) is 48.7 Å². The molecule has 33 heavy (non-hydrogen) atoms. The van der Waals surface area contributed by atoms with E-state index in [0.717, 1.165) is 48.3 Å². The van der Waals surface area contributed by atoms with Crippen LogP contribution in [0.3, 0.4) is 0 Å². The summed E-state index contributed by atoms with van der Waals surface area (Å²) in [5.41, 5.74) is 11.1. The molecular weight excluding hydrogens is 419 g/mol. The van der Waals surface area contributed by atoms with Gasteiger partial charge in [0, 0.05) is 36.5 Å². The Kier molecular flexibility index (Phi) is 5.68. The number of nitrogens with two attached hydrogens (primary N) is 1. The Morgan fingerprint density at radius 1 is 1.09 bits per heavy atom. The quantitative estimate of drug-likeness (QED) is 0.629. The lowest BCUT2D eigenvalue weighted by molar-refractivity contribution is 0.212. The number of pyridine rings is 2. The van der Waals surface area contributed by atoms with Crippen molar-refractivity contribution in [2.24, 2.45) is 0 Å². The second kappa shape index (κ2) is 8.78. The van der Waals surface area contributed by atoms with Crippen LogP contribution >= 0.6 is 0 Å². The highest BCUT2D eigenvalue weighted by atomic mass is 19.1. The smallest absolute Gasteiger partial charge is 0.323 e. The molecule has 0 unspecified atom stereocenters. The number of urea groups is 1. The first-order valence-electron chi connectivity index (χ1n) is 11.2. The van der Waals surface area contributed by atoms with Gasteiger partial charge in [-0.2, -0.15) is 0 Å². The van der Waals surface area contributed by atoms with E-state index in [-0.39, 0.29) is 11.8 Å². The number of anilines is 2. The van der Waals surface area contributed by atoms with Gasteiger partial charge in [0.1, 0.15) is 5.82 Å². The first-order valence-corrected chi connectivity index (χ1v) is 11.2. The molecule has 2 amide bonds. The fourth-order valence-corrected chi connectivity index (χ4v) is 4.50. The normalized spacial score (nSPS) is 16.6. The minimum Gasteiger partial charge on any atom is -0.396 e. The van der Waals surface area contributed by atoms with Gasteiger partial charge in [-0.3, -0.25) is 10.3 Å². The molecule has 8 heteroatoms. The van der Waals surface area contributed by atoms with E-state index in [1.165, 1.54) is 12.1 Å². The number of carbonyl (C=O) groups excluding carboxylic acids is 1. The van der Waals surface area contributed by atoms with Crippen molar-refractivity contribution in [3.8, 4) is 11.3 Å². The molecule has 2 aromatic heterocycles. The summed E-state index contributed by atoms with van der Waals surface area (Å²) < 4.78 is 13.2. The zero-order valence-corrected chi connectivity index (χ0v) is 18.6. The monoisotopic (exact) mass is 446 g/mol. The van der Waals surface area contributed by atoms with Crippen molar-refractivity contribution in [1.82, 2.24) is 19.8 Å². The van der Waals surface area contributed by atoms with Crippen molar-refractivity contribution in [3.05, 3.63) is 71.3 Å². The number of likely N-dealkylation sites (tertiary alicyclic amines) is 1. The summed E-state index contributed by atoms with van der Waals surface area (Å²) in [5.74, 6) is 0.459.